The third-order valence-corrected chi connectivity index (χ3v) is 4.19. The average molecular weight is 319 g/mol. The molecule has 1 aliphatic rings. The largest absolute Gasteiger partial charge is 0.305 e. The monoisotopic (exact) mass is 317 g/mol. The topological polar surface area (TPSA) is 12.0 Å². The molecule has 1 unspecified atom stereocenters. The Labute approximate surface area is 114 Å². The third-order valence-electron chi connectivity index (χ3n) is 2.55. The lowest BCUT2D eigenvalue weighted by atomic mass is 10.0. The number of hydrogen-bond donors (Lipinski definition) is 1. The maximum Gasteiger partial charge on any atom is 0.0410 e. The van der Waals surface area contributed by atoms with Gasteiger partial charge in [0.2, 0.25) is 0 Å². The summed E-state index contributed by atoms with van der Waals surface area (Å²) in [6, 6.07) is 6.53. The molecule has 1 N–H and O–H groups in total. The van der Waals surface area contributed by atoms with E-state index in [1.54, 1.807) is 0 Å². The van der Waals surface area contributed by atoms with Gasteiger partial charge in [-0.05, 0) is 35.9 Å². The maximum absolute atomic E-state index is 6.04. The van der Waals surface area contributed by atoms with E-state index in [9.17, 15) is 0 Å². The van der Waals surface area contributed by atoms with Crippen molar-refractivity contribution in [2.45, 2.75) is 17.4 Å². The van der Waals surface area contributed by atoms with E-state index in [2.05, 4.69) is 40.0 Å². The van der Waals surface area contributed by atoms with Crippen LogP contribution in [0, 0.1) is 0 Å². The second-order valence-corrected chi connectivity index (χ2v) is 6.46. The van der Waals surface area contributed by atoms with Gasteiger partial charge in [0.05, 0.1) is 0 Å². The smallest absolute Gasteiger partial charge is 0.0410 e. The van der Waals surface area contributed by atoms with E-state index in [1.807, 2.05) is 17.8 Å². The van der Waals surface area contributed by atoms with Gasteiger partial charge in [0, 0.05) is 27.0 Å². The first-order valence-corrected chi connectivity index (χ1v) is 7.31. The Balaban J connectivity index is 2.18. The summed E-state index contributed by atoms with van der Waals surface area (Å²) in [5.74, 6) is 1.15. The van der Waals surface area contributed by atoms with Gasteiger partial charge in [-0.1, -0.05) is 34.1 Å². The van der Waals surface area contributed by atoms with Crippen LogP contribution in [0.15, 0.2) is 34.2 Å². The molecule has 0 amide bonds. The van der Waals surface area contributed by atoms with Gasteiger partial charge < -0.3 is 5.32 Å². The fraction of sp³-hybridized carbons (Fsp3) is 0.333. The third kappa shape index (κ3) is 3.04. The number of hydrogen-bond acceptors (Lipinski definition) is 2. The van der Waals surface area contributed by atoms with Crippen molar-refractivity contribution in [3.05, 3.63) is 39.8 Å². The quantitative estimate of drug-likeness (QED) is 0.888. The van der Waals surface area contributed by atoms with Crippen molar-refractivity contribution in [3.8, 4) is 0 Å². The molecule has 1 heterocycles. The zero-order chi connectivity index (χ0) is 11.5. The van der Waals surface area contributed by atoms with E-state index >= 15 is 0 Å². The summed E-state index contributed by atoms with van der Waals surface area (Å²) in [6.07, 6.45) is 1.14. The van der Waals surface area contributed by atoms with Gasteiger partial charge in [-0.2, -0.15) is 0 Å². The van der Waals surface area contributed by atoms with Crippen molar-refractivity contribution >= 4 is 39.3 Å². The number of benzene rings is 1. The minimum Gasteiger partial charge on any atom is -0.305 e. The van der Waals surface area contributed by atoms with Crippen LogP contribution in [0.4, 0.5) is 0 Å². The van der Waals surface area contributed by atoms with Gasteiger partial charge in [-0.3, -0.25) is 0 Å². The van der Waals surface area contributed by atoms with Crippen molar-refractivity contribution in [2.24, 2.45) is 0 Å². The maximum atomic E-state index is 6.04. The Morgan fingerprint density at radius 2 is 2.44 bits per heavy atom. The van der Waals surface area contributed by atoms with Crippen molar-refractivity contribution < 1.29 is 0 Å². The van der Waals surface area contributed by atoms with Gasteiger partial charge in [0.15, 0.2) is 0 Å². The molecule has 0 fully saturated rings. The van der Waals surface area contributed by atoms with Crippen molar-refractivity contribution in [2.75, 3.05) is 12.3 Å². The van der Waals surface area contributed by atoms with Crippen LogP contribution in [0.5, 0.6) is 0 Å². The summed E-state index contributed by atoms with van der Waals surface area (Å²) in [5.41, 5.74) is 1.32. The molecule has 1 aromatic carbocycles. The van der Waals surface area contributed by atoms with E-state index < -0.39 is 0 Å². The zero-order valence-corrected chi connectivity index (χ0v) is 12.0. The lowest BCUT2D eigenvalue weighted by Crippen LogP contribution is -2.25. The highest BCUT2D eigenvalue weighted by Crippen LogP contribution is 2.37. The zero-order valence-electron chi connectivity index (χ0n) is 8.80. The number of fused-ring (bicyclic) bond motifs is 1. The summed E-state index contributed by atoms with van der Waals surface area (Å²) in [4.78, 5) is 1.34. The predicted molar refractivity (Wildman–Crippen MR) is 75.6 cm³/mol. The summed E-state index contributed by atoms with van der Waals surface area (Å²) >= 11 is 11.3. The lowest BCUT2D eigenvalue weighted by molar-refractivity contribution is 0.540. The van der Waals surface area contributed by atoms with Crippen LogP contribution in [0.1, 0.15) is 18.0 Å². The fourth-order valence-electron chi connectivity index (χ4n) is 1.81. The van der Waals surface area contributed by atoms with Gasteiger partial charge in [0.25, 0.3) is 0 Å². The second kappa shape index (κ2) is 5.58. The van der Waals surface area contributed by atoms with Crippen LogP contribution in [0.25, 0.3) is 0 Å². The molecule has 1 aromatic rings. The Morgan fingerprint density at radius 1 is 1.62 bits per heavy atom. The summed E-state index contributed by atoms with van der Waals surface area (Å²) in [7, 11) is 0. The first-order chi connectivity index (χ1) is 7.66. The Kier molecular flexibility index (Phi) is 4.36. The summed E-state index contributed by atoms with van der Waals surface area (Å²) in [5, 5.41) is 4.30. The summed E-state index contributed by atoms with van der Waals surface area (Å²) in [6.45, 7) is 4.63. The van der Waals surface area contributed by atoms with Crippen LogP contribution in [0.3, 0.4) is 0 Å². The highest BCUT2D eigenvalue weighted by atomic mass is 79.9. The summed E-state index contributed by atoms with van der Waals surface area (Å²) < 4.78 is 0.981. The number of halogens is 2. The molecular formula is C12H13BrClNS. The van der Waals surface area contributed by atoms with Gasteiger partial charge in [-0.15, -0.1) is 11.8 Å². The van der Waals surface area contributed by atoms with Gasteiger partial charge in [-0.25, -0.2) is 0 Å². The molecule has 4 heteroatoms. The molecule has 1 atom stereocenters. The first kappa shape index (κ1) is 12.5. The molecule has 2 rings (SSSR count). The molecular weight excluding hydrogens is 306 g/mol. The van der Waals surface area contributed by atoms with Crippen LogP contribution in [-0.4, -0.2) is 12.3 Å². The number of nitrogens with one attached hydrogen (secondary N) is 1. The van der Waals surface area contributed by atoms with E-state index in [0.717, 1.165) is 28.2 Å². The molecule has 0 aromatic heterocycles. The Bertz CT molecular complexity index is 408. The molecule has 1 aliphatic heterocycles. The molecule has 0 bridgehead atoms. The van der Waals surface area contributed by atoms with Crippen LogP contribution >= 0.6 is 39.3 Å². The highest BCUT2D eigenvalue weighted by molar-refractivity contribution is 9.11. The average Bonchev–Trinajstić information content (AvgIpc) is 2.26. The normalized spacial score (nSPS) is 19.2. The molecule has 16 heavy (non-hydrogen) atoms. The molecule has 0 radical (unpaired) electrons. The minimum absolute atomic E-state index is 0.393. The van der Waals surface area contributed by atoms with Crippen molar-refractivity contribution in [3.63, 3.8) is 0 Å². The second-order valence-electron chi connectivity index (χ2n) is 3.77. The van der Waals surface area contributed by atoms with E-state index in [1.165, 1.54) is 10.5 Å². The SMILES string of the molecule is C=C(Br)CNC1CCSc2ccc(Cl)cc21. The van der Waals surface area contributed by atoms with E-state index in [4.69, 9.17) is 11.6 Å². The van der Waals surface area contributed by atoms with Gasteiger partial charge >= 0.3 is 0 Å². The molecule has 1 nitrogen and oxygen atoms in total. The fourth-order valence-corrected chi connectivity index (χ4v) is 3.26. The molecule has 86 valence electrons. The van der Waals surface area contributed by atoms with Gasteiger partial charge in [0.1, 0.15) is 0 Å². The first-order valence-electron chi connectivity index (χ1n) is 5.16. The van der Waals surface area contributed by atoms with Crippen LogP contribution < -0.4 is 5.32 Å². The van der Waals surface area contributed by atoms with E-state index in [-0.39, 0.29) is 0 Å². The van der Waals surface area contributed by atoms with Crippen LogP contribution in [-0.2, 0) is 0 Å². The van der Waals surface area contributed by atoms with Crippen LogP contribution in [0.2, 0.25) is 5.02 Å². The van der Waals surface area contributed by atoms with E-state index in [0.29, 0.717) is 6.04 Å². The molecule has 0 saturated heterocycles. The Hall–Kier alpha value is 0.0400. The lowest BCUT2D eigenvalue weighted by Gasteiger charge is -2.26. The molecule has 0 saturated carbocycles. The molecule has 0 spiro atoms. The Morgan fingerprint density at radius 3 is 3.19 bits per heavy atom. The molecule has 0 aliphatic carbocycles. The van der Waals surface area contributed by atoms with Crippen molar-refractivity contribution in [1.29, 1.82) is 0 Å². The van der Waals surface area contributed by atoms with Crippen molar-refractivity contribution in [1.82, 2.24) is 5.32 Å². The highest BCUT2D eigenvalue weighted by Gasteiger charge is 2.20. The minimum atomic E-state index is 0.393. The standard InChI is InChI=1S/C12H13BrClNS/c1-8(13)7-15-11-4-5-16-12-3-2-9(14)6-10(11)12/h2-3,6,11,15H,1,4-5,7H2. The predicted octanol–water partition coefficient (Wildman–Crippen LogP) is 4.38. The number of rotatable bonds is 3. The number of thioether (sulfide) groups is 1.